The molecule has 0 radical (unpaired) electrons. The van der Waals surface area contributed by atoms with Gasteiger partial charge < -0.3 is 29.0 Å². The number of carbonyl (C=O) groups excluding carboxylic acids is 3. The number of rotatable bonds is 11. The quantitative estimate of drug-likeness (QED) is 0.330. The Labute approximate surface area is 227 Å². The summed E-state index contributed by atoms with van der Waals surface area (Å²) in [5, 5.41) is 10.4. The third-order valence-corrected chi connectivity index (χ3v) is 6.43. The van der Waals surface area contributed by atoms with Crippen molar-refractivity contribution in [3.05, 3.63) is 52.5 Å². The lowest BCUT2D eigenvalue weighted by atomic mass is 9.92. The smallest absolute Gasteiger partial charge is 0.313 e. The summed E-state index contributed by atoms with van der Waals surface area (Å²) in [4.78, 5) is 40.2. The Morgan fingerprint density at radius 3 is 2.50 bits per heavy atom. The van der Waals surface area contributed by atoms with Crippen molar-refractivity contribution < 1.29 is 38.4 Å². The van der Waals surface area contributed by atoms with Crippen molar-refractivity contribution in [3.8, 4) is 11.5 Å². The summed E-state index contributed by atoms with van der Waals surface area (Å²) in [6.07, 6.45) is -2.94. The van der Waals surface area contributed by atoms with Gasteiger partial charge in [0.2, 0.25) is 0 Å². The molecule has 2 aromatic rings. The van der Waals surface area contributed by atoms with Gasteiger partial charge in [0, 0.05) is 46.8 Å². The van der Waals surface area contributed by atoms with E-state index in [2.05, 4.69) is 0 Å². The molecule has 1 amide bonds. The summed E-state index contributed by atoms with van der Waals surface area (Å²) >= 11 is 6.41. The molecule has 3 rings (SSSR count). The number of esters is 1. The minimum absolute atomic E-state index is 0.142. The maximum atomic E-state index is 14.0. The number of ether oxygens (including phenoxy) is 4. The van der Waals surface area contributed by atoms with Crippen LogP contribution in [0.2, 0.25) is 5.02 Å². The van der Waals surface area contributed by atoms with E-state index in [9.17, 15) is 19.5 Å². The molecule has 10 heteroatoms. The summed E-state index contributed by atoms with van der Waals surface area (Å²) < 4.78 is 22.4. The molecular weight excluding hydrogens is 514 g/mol. The highest BCUT2D eigenvalue weighted by Crippen LogP contribution is 2.45. The van der Waals surface area contributed by atoms with Crippen LogP contribution < -0.4 is 14.4 Å². The van der Waals surface area contributed by atoms with Gasteiger partial charge >= 0.3 is 5.97 Å². The minimum Gasteiger partial charge on any atom is -0.493 e. The Hall–Kier alpha value is -3.14. The number of nitrogens with zero attached hydrogens (tertiary/aromatic N) is 1. The number of amides is 1. The Morgan fingerprint density at radius 2 is 1.87 bits per heavy atom. The fraction of sp³-hybridized carbons (Fsp3) is 0.464. The third kappa shape index (κ3) is 6.64. The molecule has 38 heavy (non-hydrogen) atoms. The first kappa shape index (κ1) is 29.4. The molecule has 9 nitrogen and oxygen atoms in total. The van der Waals surface area contributed by atoms with Gasteiger partial charge in [0.05, 0.1) is 20.8 Å². The van der Waals surface area contributed by atoms with E-state index in [0.717, 1.165) is 0 Å². The van der Waals surface area contributed by atoms with Crippen LogP contribution in [0.15, 0.2) is 36.4 Å². The van der Waals surface area contributed by atoms with Gasteiger partial charge in [-0.05, 0) is 31.2 Å². The Morgan fingerprint density at radius 1 is 1.13 bits per heavy atom. The third-order valence-electron chi connectivity index (χ3n) is 6.19. The maximum absolute atomic E-state index is 14.0. The molecule has 206 valence electrons. The Balaban J connectivity index is 2.17. The molecule has 1 heterocycles. The van der Waals surface area contributed by atoms with Crippen LogP contribution in [0.25, 0.3) is 0 Å². The number of fused-ring (bicyclic) bond motifs is 1. The zero-order chi connectivity index (χ0) is 28.0. The highest BCUT2D eigenvalue weighted by atomic mass is 35.5. The monoisotopic (exact) mass is 547 g/mol. The van der Waals surface area contributed by atoms with Crippen LogP contribution in [-0.2, 0) is 23.9 Å². The fourth-order valence-corrected chi connectivity index (χ4v) is 4.54. The van der Waals surface area contributed by atoms with Crippen LogP contribution in [0.1, 0.15) is 50.8 Å². The molecule has 1 N–H and O–H groups in total. The van der Waals surface area contributed by atoms with Gasteiger partial charge in [-0.25, -0.2) is 0 Å². The lowest BCUT2D eigenvalue weighted by Gasteiger charge is -2.32. The van der Waals surface area contributed by atoms with E-state index in [-0.39, 0.29) is 26.2 Å². The van der Waals surface area contributed by atoms with Crippen molar-refractivity contribution in [1.82, 2.24) is 0 Å². The van der Waals surface area contributed by atoms with E-state index < -0.39 is 41.7 Å². The number of aliphatic hydroxyl groups excluding tert-OH is 1. The fourth-order valence-electron chi connectivity index (χ4n) is 4.36. The first-order chi connectivity index (χ1) is 18.0. The maximum Gasteiger partial charge on any atom is 0.313 e. The molecule has 0 saturated carbocycles. The molecule has 0 aliphatic carbocycles. The molecule has 0 saturated heterocycles. The number of Topliss-reactive ketones (excluding diaryl/α,β-unsaturated/α-hetero) is 1. The second kappa shape index (κ2) is 12.6. The number of carbonyl (C=O) groups is 3. The van der Waals surface area contributed by atoms with E-state index in [0.29, 0.717) is 33.3 Å². The number of anilines is 1. The lowest BCUT2D eigenvalue weighted by molar-refractivity contribution is -0.147. The van der Waals surface area contributed by atoms with Crippen molar-refractivity contribution in [2.24, 2.45) is 5.41 Å². The summed E-state index contributed by atoms with van der Waals surface area (Å²) in [5.41, 5.74) is 0.997. The van der Waals surface area contributed by atoms with E-state index in [1.54, 1.807) is 43.3 Å². The topological polar surface area (TPSA) is 112 Å². The molecule has 2 unspecified atom stereocenters. The number of hydrogen-bond donors (Lipinski definition) is 1. The van der Waals surface area contributed by atoms with Gasteiger partial charge in [-0.1, -0.05) is 37.6 Å². The molecule has 1 aliphatic heterocycles. The number of para-hydroxylation sites is 1. The standard InChI is InChI=1S/C28H34ClNO8/c1-6-37-24(33)14-18(32)13-23-27(34)30(15-28(2,3)16-31)21-11-10-17(29)12-20(21)25(38-23)19-8-7-9-22(35-4)26(19)36-5/h7-12,23,25,31H,6,13-16H2,1-5H3. The van der Waals surface area contributed by atoms with Crippen molar-refractivity contribution in [3.63, 3.8) is 0 Å². The SMILES string of the molecule is CCOC(=O)CC(=O)CC1OC(c2cccc(OC)c2OC)c2cc(Cl)ccc2N(CC(C)(C)CO)C1=O. The number of ketones is 1. The van der Waals surface area contributed by atoms with Crippen LogP contribution in [0.3, 0.4) is 0 Å². The van der Waals surface area contributed by atoms with Crippen LogP contribution in [0.5, 0.6) is 11.5 Å². The number of hydrogen-bond acceptors (Lipinski definition) is 8. The highest BCUT2D eigenvalue weighted by molar-refractivity contribution is 6.30. The average molecular weight is 548 g/mol. The Kier molecular flexibility index (Phi) is 9.76. The number of halogens is 1. The second-order valence-electron chi connectivity index (χ2n) is 9.76. The second-order valence-corrected chi connectivity index (χ2v) is 10.2. The van der Waals surface area contributed by atoms with Gasteiger partial charge in [0.15, 0.2) is 11.5 Å². The summed E-state index contributed by atoms with van der Waals surface area (Å²) in [5.74, 6) is -0.779. The van der Waals surface area contributed by atoms with E-state index in [4.69, 9.17) is 30.5 Å². The number of methoxy groups -OCH3 is 2. The molecule has 2 atom stereocenters. The average Bonchev–Trinajstić information content (AvgIpc) is 2.98. The first-order valence-electron chi connectivity index (χ1n) is 12.3. The summed E-state index contributed by atoms with van der Waals surface area (Å²) in [6.45, 7) is 5.40. The van der Waals surface area contributed by atoms with Gasteiger partial charge in [0.25, 0.3) is 5.91 Å². The predicted octanol–water partition coefficient (Wildman–Crippen LogP) is 4.11. The van der Waals surface area contributed by atoms with Crippen LogP contribution in [0, 0.1) is 5.41 Å². The van der Waals surface area contributed by atoms with Crippen molar-refractivity contribution >= 4 is 34.9 Å². The number of aliphatic hydroxyl groups is 1. The van der Waals surface area contributed by atoms with Crippen molar-refractivity contribution in [2.75, 3.05) is 38.9 Å². The molecule has 0 spiro atoms. The predicted molar refractivity (Wildman–Crippen MR) is 142 cm³/mol. The van der Waals surface area contributed by atoms with Gasteiger partial charge in [-0.2, -0.15) is 0 Å². The van der Waals surface area contributed by atoms with Crippen molar-refractivity contribution in [2.45, 2.75) is 45.8 Å². The molecule has 0 bridgehead atoms. The lowest BCUT2D eigenvalue weighted by Crippen LogP contribution is -2.45. The molecule has 0 fully saturated rings. The van der Waals surface area contributed by atoms with Gasteiger partial charge in [-0.3, -0.25) is 14.4 Å². The van der Waals surface area contributed by atoms with Gasteiger partial charge in [0.1, 0.15) is 24.4 Å². The first-order valence-corrected chi connectivity index (χ1v) is 12.7. The Bertz CT molecular complexity index is 1180. The molecule has 1 aliphatic rings. The van der Waals surface area contributed by atoms with Gasteiger partial charge in [-0.15, -0.1) is 0 Å². The molecular formula is C28H34ClNO8. The van der Waals surface area contributed by atoms with Crippen LogP contribution in [0.4, 0.5) is 5.69 Å². The molecule has 0 aromatic heterocycles. The minimum atomic E-state index is -1.24. The largest absolute Gasteiger partial charge is 0.493 e. The number of benzene rings is 2. The zero-order valence-electron chi connectivity index (χ0n) is 22.3. The normalized spacial score (nSPS) is 17.4. The van der Waals surface area contributed by atoms with Crippen LogP contribution >= 0.6 is 11.6 Å². The van der Waals surface area contributed by atoms with Crippen LogP contribution in [-0.4, -0.2) is 62.8 Å². The summed E-state index contributed by atoms with van der Waals surface area (Å²) in [7, 11) is 3.01. The molecule has 2 aromatic carbocycles. The zero-order valence-corrected chi connectivity index (χ0v) is 23.0. The van der Waals surface area contributed by atoms with E-state index in [1.165, 1.54) is 19.1 Å². The van der Waals surface area contributed by atoms with E-state index >= 15 is 0 Å². The summed E-state index contributed by atoms with van der Waals surface area (Å²) in [6, 6.07) is 10.4. The van der Waals surface area contributed by atoms with Crippen molar-refractivity contribution in [1.29, 1.82) is 0 Å². The highest BCUT2D eigenvalue weighted by Gasteiger charge is 2.40. The van der Waals surface area contributed by atoms with E-state index in [1.807, 2.05) is 13.8 Å².